The summed E-state index contributed by atoms with van der Waals surface area (Å²) in [4.78, 5) is 28.3. The zero-order valence-electron chi connectivity index (χ0n) is 20.5. The van der Waals surface area contributed by atoms with Crippen LogP contribution in [0.2, 0.25) is 0 Å². The van der Waals surface area contributed by atoms with Gasteiger partial charge in [-0.05, 0) is 50.1 Å². The number of aromatic nitrogens is 1. The maximum absolute atomic E-state index is 12.4. The molecule has 0 aliphatic heterocycles. The molecule has 0 fully saturated rings. The molecule has 1 unspecified atom stereocenters. The second kappa shape index (κ2) is 13.8. The number of nitrogens with one attached hydrogen (secondary N) is 2. The Hall–Kier alpha value is -3.92. The standard InChI is InChI=1S/C26H30N4O5S/c1-4-33-23-13-19(15-27-30-26-29-21(17-36-26)14-25(32)34-5-2)11-12-22(23)35-16-24(31)28-18(3)20-9-7-6-8-10-20/h6-13,15,17-18H,4-5,14,16H2,1-3H3,(H,28,31)(H,29,30). The molecule has 9 nitrogen and oxygen atoms in total. The molecule has 0 aliphatic carbocycles. The Morgan fingerprint density at radius 3 is 2.64 bits per heavy atom. The molecule has 1 amide bonds. The van der Waals surface area contributed by atoms with E-state index in [4.69, 9.17) is 14.2 Å². The Balaban J connectivity index is 1.54. The van der Waals surface area contributed by atoms with Crippen molar-refractivity contribution in [2.24, 2.45) is 5.10 Å². The van der Waals surface area contributed by atoms with Gasteiger partial charge in [0, 0.05) is 5.38 Å². The van der Waals surface area contributed by atoms with E-state index in [0.717, 1.165) is 11.1 Å². The third-order valence-electron chi connectivity index (χ3n) is 4.86. The van der Waals surface area contributed by atoms with Crippen LogP contribution in [0.3, 0.4) is 0 Å². The zero-order chi connectivity index (χ0) is 25.8. The first kappa shape index (κ1) is 26.7. The van der Waals surface area contributed by atoms with Gasteiger partial charge in [0.15, 0.2) is 18.1 Å². The Bertz CT molecular complexity index is 1170. The highest BCUT2D eigenvalue weighted by molar-refractivity contribution is 7.13. The van der Waals surface area contributed by atoms with Gasteiger partial charge in [-0.1, -0.05) is 30.3 Å². The SMILES string of the molecule is CCOC(=O)Cc1csc(NN=Cc2ccc(OCC(=O)NC(C)c3ccccc3)c(OCC)c2)n1. The van der Waals surface area contributed by atoms with Crippen LogP contribution in [0.5, 0.6) is 11.5 Å². The van der Waals surface area contributed by atoms with Crippen LogP contribution in [0, 0.1) is 0 Å². The first-order chi connectivity index (χ1) is 17.5. The smallest absolute Gasteiger partial charge is 0.311 e. The largest absolute Gasteiger partial charge is 0.490 e. The van der Waals surface area contributed by atoms with Gasteiger partial charge >= 0.3 is 5.97 Å². The second-order valence-electron chi connectivity index (χ2n) is 7.62. The molecular weight excluding hydrogens is 480 g/mol. The summed E-state index contributed by atoms with van der Waals surface area (Å²) in [6.07, 6.45) is 1.74. The van der Waals surface area contributed by atoms with Crippen molar-refractivity contribution in [2.45, 2.75) is 33.2 Å². The highest BCUT2D eigenvalue weighted by Crippen LogP contribution is 2.28. The van der Waals surface area contributed by atoms with Crippen LogP contribution < -0.4 is 20.2 Å². The van der Waals surface area contributed by atoms with Crippen molar-refractivity contribution in [3.8, 4) is 11.5 Å². The summed E-state index contributed by atoms with van der Waals surface area (Å²) in [5.41, 5.74) is 5.27. The fraction of sp³-hybridized carbons (Fsp3) is 0.308. The van der Waals surface area contributed by atoms with Crippen LogP contribution in [-0.4, -0.2) is 42.9 Å². The van der Waals surface area contributed by atoms with Crippen LogP contribution in [0.4, 0.5) is 5.13 Å². The van der Waals surface area contributed by atoms with Crippen molar-refractivity contribution in [1.82, 2.24) is 10.3 Å². The lowest BCUT2D eigenvalue weighted by Crippen LogP contribution is -2.31. The number of carbonyl (C=O) groups is 2. The molecule has 0 spiro atoms. The zero-order valence-corrected chi connectivity index (χ0v) is 21.3. The number of ether oxygens (including phenoxy) is 3. The Kier molecular flexibility index (Phi) is 10.3. The molecule has 190 valence electrons. The number of anilines is 1. The van der Waals surface area contributed by atoms with Crippen molar-refractivity contribution in [2.75, 3.05) is 25.2 Å². The number of benzene rings is 2. The number of rotatable bonds is 13. The number of amides is 1. The molecule has 1 heterocycles. The monoisotopic (exact) mass is 510 g/mol. The highest BCUT2D eigenvalue weighted by Gasteiger charge is 2.12. The van der Waals surface area contributed by atoms with Crippen molar-refractivity contribution in [1.29, 1.82) is 0 Å². The number of carbonyl (C=O) groups excluding carboxylic acids is 2. The number of thiazole rings is 1. The molecule has 0 saturated heterocycles. The molecule has 0 aliphatic rings. The number of hydrogen-bond donors (Lipinski definition) is 2. The van der Waals surface area contributed by atoms with Crippen molar-refractivity contribution in [3.05, 3.63) is 70.7 Å². The van der Waals surface area contributed by atoms with E-state index in [1.807, 2.05) is 50.2 Å². The Morgan fingerprint density at radius 1 is 1.08 bits per heavy atom. The topological polar surface area (TPSA) is 111 Å². The minimum Gasteiger partial charge on any atom is -0.490 e. The molecule has 1 aromatic heterocycles. The number of nitrogens with zero attached hydrogens (tertiary/aromatic N) is 2. The molecular formula is C26H30N4O5S. The lowest BCUT2D eigenvalue weighted by molar-refractivity contribution is -0.142. The van der Waals surface area contributed by atoms with E-state index in [-0.39, 0.29) is 30.9 Å². The molecule has 2 N–H and O–H groups in total. The van der Waals surface area contributed by atoms with Gasteiger partial charge in [0.05, 0.1) is 37.6 Å². The molecule has 3 rings (SSSR count). The normalized spacial score (nSPS) is 11.6. The predicted octanol–water partition coefficient (Wildman–Crippen LogP) is 4.35. The van der Waals surface area contributed by atoms with Crippen LogP contribution in [0.15, 0.2) is 59.0 Å². The lowest BCUT2D eigenvalue weighted by atomic mass is 10.1. The Morgan fingerprint density at radius 2 is 1.89 bits per heavy atom. The van der Waals surface area contributed by atoms with Gasteiger partial charge in [-0.3, -0.25) is 15.0 Å². The summed E-state index contributed by atoms with van der Waals surface area (Å²) in [7, 11) is 0. The molecule has 1 atom stereocenters. The summed E-state index contributed by atoms with van der Waals surface area (Å²) < 4.78 is 16.3. The van der Waals surface area contributed by atoms with E-state index in [2.05, 4.69) is 20.8 Å². The molecule has 2 aromatic carbocycles. The lowest BCUT2D eigenvalue weighted by Gasteiger charge is -2.16. The minimum absolute atomic E-state index is 0.123. The average molecular weight is 511 g/mol. The highest BCUT2D eigenvalue weighted by atomic mass is 32.1. The van der Waals surface area contributed by atoms with Gasteiger partial charge in [-0.2, -0.15) is 5.10 Å². The predicted molar refractivity (Wildman–Crippen MR) is 140 cm³/mol. The maximum Gasteiger partial charge on any atom is 0.311 e. The first-order valence-corrected chi connectivity index (χ1v) is 12.5. The van der Waals surface area contributed by atoms with Crippen molar-refractivity contribution in [3.63, 3.8) is 0 Å². The van der Waals surface area contributed by atoms with Crippen LogP contribution in [0.25, 0.3) is 0 Å². The number of hydrogen-bond acceptors (Lipinski definition) is 9. The molecule has 0 bridgehead atoms. The van der Waals surface area contributed by atoms with Crippen LogP contribution in [-0.2, 0) is 20.7 Å². The summed E-state index contributed by atoms with van der Waals surface area (Å²) in [6, 6.07) is 14.9. The summed E-state index contributed by atoms with van der Waals surface area (Å²) in [5.74, 6) is 0.436. The van der Waals surface area contributed by atoms with E-state index in [1.165, 1.54) is 11.3 Å². The van der Waals surface area contributed by atoms with Crippen LogP contribution >= 0.6 is 11.3 Å². The molecule has 0 saturated carbocycles. The Labute approximate surface area is 214 Å². The molecule has 3 aromatic rings. The average Bonchev–Trinajstić information content (AvgIpc) is 3.31. The molecule has 10 heteroatoms. The molecule has 0 radical (unpaired) electrons. The third-order valence-corrected chi connectivity index (χ3v) is 5.66. The van der Waals surface area contributed by atoms with Gasteiger partial charge in [0.2, 0.25) is 5.13 Å². The van der Waals surface area contributed by atoms with Crippen LogP contribution in [0.1, 0.15) is 43.6 Å². The minimum atomic E-state index is -0.313. The van der Waals surface area contributed by atoms with Crippen molar-refractivity contribution < 1.29 is 23.8 Å². The van der Waals surface area contributed by atoms with E-state index in [1.54, 1.807) is 30.7 Å². The fourth-order valence-corrected chi connectivity index (χ4v) is 3.86. The fourth-order valence-electron chi connectivity index (χ4n) is 3.21. The second-order valence-corrected chi connectivity index (χ2v) is 8.48. The van der Waals surface area contributed by atoms with Gasteiger partial charge in [0.25, 0.3) is 5.91 Å². The van der Waals surface area contributed by atoms with Gasteiger partial charge < -0.3 is 19.5 Å². The van der Waals surface area contributed by atoms with Gasteiger partial charge in [-0.15, -0.1) is 11.3 Å². The third kappa shape index (κ3) is 8.38. The van der Waals surface area contributed by atoms with E-state index in [0.29, 0.717) is 35.5 Å². The molecule has 36 heavy (non-hydrogen) atoms. The maximum atomic E-state index is 12.4. The number of hydrazone groups is 1. The van der Waals surface area contributed by atoms with E-state index >= 15 is 0 Å². The van der Waals surface area contributed by atoms with E-state index < -0.39 is 0 Å². The quantitative estimate of drug-likeness (QED) is 0.200. The van der Waals surface area contributed by atoms with Gasteiger partial charge in [0.1, 0.15) is 0 Å². The van der Waals surface area contributed by atoms with Crippen molar-refractivity contribution >= 4 is 34.6 Å². The summed E-state index contributed by atoms with van der Waals surface area (Å²) in [5, 5.41) is 9.47. The summed E-state index contributed by atoms with van der Waals surface area (Å²) >= 11 is 1.34. The van der Waals surface area contributed by atoms with Gasteiger partial charge in [-0.25, -0.2) is 4.98 Å². The summed E-state index contributed by atoms with van der Waals surface area (Å²) in [6.45, 7) is 6.21. The van der Waals surface area contributed by atoms with E-state index in [9.17, 15) is 9.59 Å². The first-order valence-electron chi connectivity index (χ1n) is 11.6. The number of esters is 1.